The lowest BCUT2D eigenvalue weighted by molar-refractivity contribution is 0.0695. The van der Waals surface area contributed by atoms with Crippen LogP contribution >= 0.6 is 0 Å². The fraction of sp³-hybridized carbons (Fsp3) is 0.350. The fourth-order valence-electron chi connectivity index (χ4n) is 3.72. The van der Waals surface area contributed by atoms with Crippen LogP contribution in [0.15, 0.2) is 29.1 Å². The molecule has 0 amide bonds. The van der Waals surface area contributed by atoms with Crippen molar-refractivity contribution < 1.29 is 19.8 Å². The third kappa shape index (κ3) is 4.15. The number of hydrogen-bond donors (Lipinski definition) is 4. The van der Waals surface area contributed by atoms with E-state index in [4.69, 9.17) is 5.73 Å². The molecule has 0 bridgehead atoms. The third-order valence-corrected chi connectivity index (χ3v) is 5.27. The van der Waals surface area contributed by atoms with Crippen LogP contribution < -0.4 is 11.3 Å². The average Bonchev–Trinajstić information content (AvgIpc) is 2.67. The van der Waals surface area contributed by atoms with Crippen molar-refractivity contribution >= 4 is 17.8 Å². The van der Waals surface area contributed by atoms with Crippen molar-refractivity contribution in [1.29, 1.82) is 0 Å². The Kier molecular flexibility index (Phi) is 6.00. The third-order valence-electron chi connectivity index (χ3n) is 5.27. The van der Waals surface area contributed by atoms with Gasteiger partial charge in [0.15, 0.2) is 0 Å². The Balaban J connectivity index is 2.12. The SMILES string of the molecule is CCN1CCN(Cc2ccccc2-c2c(C(=O)O)c(N)[nH]c(=O)c2C(=O)O)CC1. The first kappa shape index (κ1) is 20.6. The molecule has 3 rings (SSSR count). The molecule has 154 valence electrons. The summed E-state index contributed by atoms with van der Waals surface area (Å²) in [6.07, 6.45) is 0. The number of nitrogen functional groups attached to an aromatic ring is 1. The molecule has 1 aliphatic rings. The fourth-order valence-corrected chi connectivity index (χ4v) is 3.72. The number of nitrogens with two attached hydrogens (primary N) is 1. The molecule has 1 aromatic carbocycles. The molecule has 2 aromatic rings. The lowest BCUT2D eigenvalue weighted by atomic mass is 9.91. The van der Waals surface area contributed by atoms with Crippen molar-refractivity contribution in [3.05, 3.63) is 51.3 Å². The molecule has 9 heteroatoms. The number of aromatic amines is 1. The highest BCUT2D eigenvalue weighted by Crippen LogP contribution is 2.32. The highest BCUT2D eigenvalue weighted by atomic mass is 16.4. The number of anilines is 1. The van der Waals surface area contributed by atoms with E-state index in [1.165, 1.54) is 0 Å². The predicted octanol–water partition coefficient (Wildman–Crippen LogP) is 1.16. The van der Waals surface area contributed by atoms with E-state index < -0.39 is 28.6 Å². The van der Waals surface area contributed by atoms with Gasteiger partial charge in [0.1, 0.15) is 16.9 Å². The van der Waals surface area contributed by atoms with E-state index in [2.05, 4.69) is 21.7 Å². The smallest absolute Gasteiger partial charge is 0.342 e. The van der Waals surface area contributed by atoms with Crippen LogP contribution in [-0.2, 0) is 6.54 Å². The van der Waals surface area contributed by atoms with Gasteiger partial charge in [-0.1, -0.05) is 31.2 Å². The number of aromatic carboxylic acids is 2. The number of nitrogens with one attached hydrogen (secondary N) is 1. The largest absolute Gasteiger partial charge is 0.478 e. The van der Waals surface area contributed by atoms with Gasteiger partial charge in [0.25, 0.3) is 5.56 Å². The van der Waals surface area contributed by atoms with Crippen LogP contribution in [0, 0.1) is 0 Å². The summed E-state index contributed by atoms with van der Waals surface area (Å²) in [6.45, 7) is 7.16. The number of pyridine rings is 1. The lowest BCUT2D eigenvalue weighted by Gasteiger charge is -2.34. The Labute approximate surface area is 167 Å². The summed E-state index contributed by atoms with van der Waals surface area (Å²) in [5.41, 5.74) is 4.75. The van der Waals surface area contributed by atoms with Gasteiger partial charge in [-0.25, -0.2) is 9.59 Å². The molecule has 0 aliphatic carbocycles. The predicted molar refractivity (Wildman–Crippen MR) is 108 cm³/mol. The topological polar surface area (TPSA) is 140 Å². The zero-order chi connectivity index (χ0) is 21.1. The molecular weight excluding hydrogens is 376 g/mol. The van der Waals surface area contributed by atoms with E-state index >= 15 is 0 Å². The minimum atomic E-state index is -1.50. The van der Waals surface area contributed by atoms with Gasteiger partial charge >= 0.3 is 11.9 Å². The maximum Gasteiger partial charge on any atom is 0.342 e. The molecule has 1 aliphatic heterocycles. The monoisotopic (exact) mass is 400 g/mol. The number of carboxylic acids is 2. The van der Waals surface area contributed by atoms with Crippen molar-refractivity contribution in [2.24, 2.45) is 0 Å². The number of rotatable bonds is 6. The van der Waals surface area contributed by atoms with Crippen molar-refractivity contribution in [3.8, 4) is 11.1 Å². The van der Waals surface area contributed by atoms with E-state index in [1.807, 2.05) is 6.07 Å². The van der Waals surface area contributed by atoms with Crippen LogP contribution in [0.4, 0.5) is 5.82 Å². The van der Waals surface area contributed by atoms with Crippen molar-refractivity contribution in [1.82, 2.24) is 14.8 Å². The van der Waals surface area contributed by atoms with E-state index in [-0.39, 0.29) is 11.4 Å². The molecule has 5 N–H and O–H groups in total. The number of piperazine rings is 1. The van der Waals surface area contributed by atoms with E-state index in [0.29, 0.717) is 12.1 Å². The summed E-state index contributed by atoms with van der Waals surface area (Å²) in [4.78, 5) is 42.7. The first-order chi connectivity index (χ1) is 13.8. The maximum atomic E-state index is 12.3. The van der Waals surface area contributed by atoms with Gasteiger partial charge in [-0.05, 0) is 17.7 Å². The van der Waals surface area contributed by atoms with Crippen molar-refractivity contribution in [3.63, 3.8) is 0 Å². The van der Waals surface area contributed by atoms with Gasteiger partial charge in [0.05, 0.1) is 0 Å². The van der Waals surface area contributed by atoms with E-state index in [9.17, 15) is 24.6 Å². The zero-order valence-electron chi connectivity index (χ0n) is 16.1. The Morgan fingerprint density at radius 1 is 1.03 bits per heavy atom. The highest BCUT2D eigenvalue weighted by Gasteiger charge is 2.28. The van der Waals surface area contributed by atoms with Crippen LogP contribution in [0.1, 0.15) is 33.2 Å². The summed E-state index contributed by atoms with van der Waals surface area (Å²) in [7, 11) is 0. The molecule has 29 heavy (non-hydrogen) atoms. The number of carbonyl (C=O) groups is 2. The van der Waals surface area contributed by atoms with E-state index in [0.717, 1.165) is 38.3 Å². The number of nitrogens with zero attached hydrogens (tertiary/aromatic N) is 2. The quantitative estimate of drug-likeness (QED) is 0.566. The molecule has 0 saturated carbocycles. The summed E-state index contributed by atoms with van der Waals surface area (Å²) in [6, 6.07) is 6.93. The Hall–Kier alpha value is -3.17. The summed E-state index contributed by atoms with van der Waals surface area (Å²) >= 11 is 0. The molecule has 9 nitrogen and oxygen atoms in total. The van der Waals surface area contributed by atoms with E-state index in [1.54, 1.807) is 18.2 Å². The second-order valence-corrected chi connectivity index (χ2v) is 6.97. The number of carboxylic acid groups (broad SMARTS) is 2. The number of H-pyrrole nitrogens is 1. The van der Waals surface area contributed by atoms with Crippen LogP contribution in [0.5, 0.6) is 0 Å². The molecule has 0 radical (unpaired) electrons. The number of aromatic nitrogens is 1. The molecule has 0 spiro atoms. The van der Waals surface area contributed by atoms with Crippen LogP contribution in [0.3, 0.4) is 0 Å². The average molecular weight is 400 g/mol. The molecule has 0 atom stereocenters. The molecule has 0 unspecified atom stereocenters. The second kappa shape index (κ2) is 8.46. The minimum absolute atomic E-state index is 0.158. The first-order valence-corrected chi connectivity index (χ1v) is 9.38. The normalized spacial score (nSPS) is 15.3. The molecule has 2 heterocycles. The lowest BCUT2D eigenvalue weighted by Crippen LogP contribution is -2.45. The Morgan fingerprint density at radius 3 is 2.21 bits per heavy atom. The van der Waals surface area contributed by atoms with Crippen LogP contribution in [0.25, 0.3) is 11.1 Å². The second-order valence-electron chi connectivity index (χ2n) is 6.97. The minimum Gasteiger partial charge on any atom is -0.478 e. The van der Waals surface area contributed by atoms with Gasteiger partial charge in [-0.15, -0.1) is 0 Å². The summed E-state index contributed by atoms with van der Waals surface area (Å²) in [5, 5.41) is 19.3. The molecule has 1 saturated heterocycles. The molecule has 1 fully saturated rings. The summed E-state index contributed by atoms with van der Waals surface area (Å²) in [5.74, 6) is -3.27. The van der Waals surface area contributed by atoms with Crippen molar-refractivity contribution in [2.75, 3.05) is 38.5 Å². The number of benzene rings is 1. The van der Waals surface area contributed by atoms with Gasteiger partial charge in [0.2, 0.25) is 0 Å². The van der Waals surface area contributed by atoms with Gasteiger partial charge < -0.3 is 25.8 Å². The van der Waals surface area contributed by atoms with Gasteiger partial charge in [-0.2, -0.15) is 0 Å². The maximum absolute atomic E-state index is 12.3. The van der Waals surface area contributed by atoms with Gasteiger partial charge in [0, 0.05) is 38.3 Å². The number of hydrogen-bond acceptors (Lipinski definition) is 6. The number of likely N-dealkylation sites (N-methyl/N-ethyl adjacent to an activating group) is 1. The van der Waals surface area contributed by atoms with Gasteiger partial charge in [-0.3, -0.25) is 9.69 Å². The Morgan fingerprint density at radius 2 is 1.62 bits per heavy atom. The molecular formula is C20H24N4O5. The first-order valence-electron chi connectivity index (χ1n) is 9.38. The van der Waals surface area contributed by atoms with Crippen LogP contribution in [0.2, 0.25) is 0 Å². The van der Waals surface area contributed by atoms with Crippen molar-refractivity contribution in [2.45, 2.75) is 13.5 Å². The standard InChI is InChI=1S/C20H24N4O5/c1-2-23-7-9-24(10-8-23)11-12-5-3-4-6-13(12)14-15(19(26)27)17(21)22-18(25)16(14)20(28)29/h3-6H,2,7-11H2,1H3,(H,26,27)(H,28,29)(H3,21,22,25). The highest BCUT2D eigenvalue weighted by molar-refractivity contribution is 6.07. The summed E-state index contributed by atoms with van der Waals surface area (Å²) < 4.78 is 0. The Bertz CT molecular complexity index is 993. The van der Waals surface area contributed by atoms with Crippen LogP contribution in [-0.4, -0.2) is 69.7 Å². The zero-order valence-corrected chi connectivity index (χ0v) is 16.1. The molecule has 1 aromatic heterocycles.